The van der Waals surface area contributed by atoms with Gasteiger partial charge >= 0.3 is 0 Å². The number of benzene rings is 1. The second kappa shape index (κ2) is 3.62. The number of rotatable bonds is 1. The van der Waals surface area contributed by atoms with Crippen LogP contribution in [0.15, 0.2) is 23.5 Å². The highest BCUT2D eigenvalue weighted by Gasteiger charge is 2.33. The average Bonchev–Trinajstić information content (AvgIpc) is 2.26. The Morgan fingerprint density at radius 3 is 2.35 bits per heavy atom. The first-order valence-corrected chi connectivity index (χ1v) is 4.87. The molecule has 5 heteroatoms. The van der Waals surface area contributed by atoms with E-state index in [4.69, 9.17) is 4.74 Å². The van der Waals surface area contributed by atoms with E-state index >= 15 is 0 Å². The van der Waals surface area contributed by atoms with Crippen LogP contribution in [0.4, 0.5) is 0 Å². The van der Waals surface area contributed by atoms with Crippen LogP contribution in [0.25, 0.3) is 0 Å². The summed E-state index contributed by atoms with van der Waals surface area (Å²) in [6, 6.07) is 2.16. The van der Waals surface area contributed by atoms with Gasteiger partial charge in [-0.05, 0) is 13.0 Å². The highest BCUT2D eigenvalue weighted by Crippen LogP contribution is 2.35. The van der Waals surface area contributed by atoms with E-state index in [-0.39, 0.29) is 28.2 Å². The number of hydrogen-bond acceptors (Lipinski definition) is 5. The number of Topliss-reactive ketones (excluding diaryl/α,β-unsaturated/α-hetero) is 2. The number of phenolic OH excluding ortho intramolecular Hbond substituents is 2. The predicted octanol–water partition coefficient (Wildman–Crippen LogP) is 1.40. The molecule has 0 atom stereocenters. The van der Waals surface area contributed by atoms with E-state index in [0.29, 0.717) is 0 Å². The molecule has 2 N–H and O–H groups in total. The van der Waals surface area contributed by atoms with Gasteiger partial charge in [0.1, 0.15) is 11.5 Å². The lowest BCUT2D eigenvalue weighted by atomic mass is 9.88. The predicted molar refractivity (Wildman–Crippen MR) is 58.1 cm³/mol. The van der Waals surface area contributed by atoms with Crippen LogP contribution in [-0.4, -0.2) is 28.9 Å². The van der Waals surface area contributed by atoms with Crippen LogP contribution in [0.5, 0.6) is 11.5 Å². The van der Waals surface area contributed by atoms with Crippen LogP contribution in [0.3, 0.4) is 0 Å². The highest BCUT2D eigenvalue weighted by atomic mass is 16.5. The molecular formula is C12H10O5. The van der Waals surface area contributed by atoms with Crippen molar-refractivity contribution in [1.82, 2.24) is 0 Å². The lowest BCUT2D eigenvalue weighted by molar-refractivity contribution is 0.0904. The van der Waals surface area contributed by atoms with Crippen molar-refractivity contribution in [3.63, 3.8) is 0 Å². The molecule has 0 saturated heterocycles. The number of methoxy groups -OCH3 is 1. The first-order chi connectivity index (χ1) is 7.97. The zero-order chi connectivity index (χ0) is 12.7. The van der Waals surface area contributed by atoms with Crippen molar-refractivity contribution >= 4 is 11.6 Å². The van der Waals surface area contributed by atoms with Gasteiger partial charge in [0.05, 0.1) is 12.7 Å². The Hall–Kier alpha value is -2.30. The van der Waals surface area contributed by atoms with Crippen molar-refractivity contribution in [2.45, 2.75) is 6.92 Å². The van der Waals surface area contributed by atoms with Crippen LogP contribution in [0.2, 0.25) is 0 Å². The first kappa shape index (κ1) is 11.2. The SMILES string of the molecule is COC1=C(C)C(=O)c2c(O)cc(O)cc2C1=O. The summed E-state index contributed by atoms with van der Waals surface area (Å²) >= 11 is 0. The van der Waals surface area contributed by atoms with E-state index in [1.807, 2.05) is 0 Å². The number of aromatic hydroxyl groups is 2. The van der Waals surface area contributed by atoms with Crippen molar-refractivity contribution in [3.05, 3.63) is 34.6 Å². The molecule has 1 aromatic carbocycles. The van der Waals surface area contributed by atoms with E-state index < -0.39 is 17.3 Å². The summed E-state index contributed by atoms with van der Waals surface area (Å²) in [4.78, 5) is 23.9. The van der Waals surface area contributed by atoms with E-state index in [2.05, 4.69) is 0 Å². The van der Waals surface area contributed by atoms with E-state index in [1.165, 1.54) is 14.0 Å². The average molecular weight is 234 g/mol. The molecule has 17 heavy (non-hydrogen) atoms. The Kier molecular flexibility index (Phi) is 2.38. The fraction of sp³-hybridized carbons (Fsp3) is 0.167. The summed E-state index contributed by atoms with van der Waals surface area (Å²) in [6.45, 7) is 1.45. The second-order valence-electron chi connectivity index (χ2n) is 3.70. The maximum absolute atomic E-state index is 12.0. The summed E-state index contributed by atoms with van der Waals surface area (Å²) < 4.78 is 4.87. The van der Waals surface area contributed by atoms with Crippen molar-refractivity contribution < 1.29 is 24.5 Å². The molecular weight excluding hydrogens is 224 g/mol. The molecule has 1 aliphatic carbocycles. The summed E-state index contributed by atoms with van der Waals surface area (Å²) in [6.07, 6.45) is 0. The lowest BCUT2D eigenvalue weighted by Gasteiger charge is -2.18. The third-order valence-electron chi connectivity index (χ3n) is 2.67. The standard InChI is InChI=1S/C12H10O5/c1-5-10(15)9-7(11(16)12(5)17-2)3-6(13)4-8(9)14/h3-4,13-14H,1-2H3. The van der Waals surface area contributed by atoms with Crippen LogP contribution in [0.1, 0.15) is 27.6 Å². The van der Waals surface area contributed by atoms with Gasteiger partial charge in [-0.2, -0.15) is 0 Å². The molecule has 0 saturated carbocycles. The molecule has 0 bridgehead atoms. The summed E-state index contributed by atoms with van der Waals surface area (Å²) in [5.74, 6) is -1.75. The minimum Gasteiger partial charge on any atom is -0.508 e. The summed E-state index contributed by atoms with van der Waals surface area (Å²) in [7, 11) is 1.29. The fourth-order valence-corrected chi connectivity index (χ4v) is 1.86. The van der Waals surface area contributed by atoms with Gasteiger partial charge in [-0.3, -0.25) is 9.59 Å². The summed E-state index contributed by atoms with van der Waals surface area (Å²) in [5, 5.41) is 18.9. The van der Waals surface area contributed by atoms with Gasteiger partial charge in [-0.15, -0.1) is 0 Å². The maximum atomic E-state index is 12.0. The third-order valence-corrected chi connectivity index (χ3v) is 2.67. The van der Waals surface area contributed by atoms with E-state index in [9.17, 15) is 19.8 Å². The number of fused-ring (bicyclic) bond motifs is 1. The number of allylic oxidation sites excluding steroid dienone is 2. The topological polar surface area (TPSA) is 83.8 Å². The number of carbonyl (C=O) groups is 2. The van der Waals surface area contributed by atoms with Gasteiger partial charge in [-0.25, -0.2) is 0 Å². The minimum absolute atomic E-state index is 0.0463. The van der Waals surface area contributed by atoms with Gasteiger partial charge in [0.15, 0.2) is 11.5 Å². The summed E-state index contributed by atoms with van der Waals surface area (Å²) in [5.41, 5.74) is 0.00652. The fourth-order valence-electron chi connectivity index (χ4n) is 1.86. The molecule has 0 aliphatic heterocycles. The zero-order valence-electron chi connectivity index (χ0n) is 9.27. The number of ether oxygens (including phenoxy) is 1. The molecule has 0 unspecified atom stereocenters. The van der Waals surface area contributed by atoms with Gasteiger partial charge in [-0.1, -0.05) is 0 Å². The smallest absolute Gasteiger partial charge is 0.228 e. The molecule has 2 rings (SSSR count). The van der Waals surface area contributed by atoms with E-state index in [0.717, 1.165) is 12.1 Å². The Labute approximate surface area is 97.0 Å². The molecule has 0 spiro atoms. The van der Waals surface area contributed by atoms with Crippen LogP contribution >= 0.6 is 0 Å². The molecule has 1 aliphatic rings. The van der Waals surface area contributed by atoms with Gasteiger partial charge in [0.2, 0.25) is 5.78 Å². The third kappa shape index (κ3) is 1.47. The van der Waals surface area contributed by atoms with Crippen molar-refractivity contribution in [2.24, 2.45) is 0 Å². The molecule has 0 aromatic heterocycles. The Morgan fingerprint density at radius 1 is 1.12 bits per heavy atom. The maximum Gasteiger partial charge on any atom is 0.228 e. The minimum atomic E-state index is -0.522. The first-order valence-electron chi connectivity index (χ1n) is 4.87. The van der Waals surface area contributed by atoms with Gasteiger partial charge in [0, 0.05) is 17.2 Å². The molecule has 0 amide bonds. The number of ketones is 2. The number of hydrogen-bond donors (Lipinski definition) is 2. The molecule has 88 valence electrons. The largest absolute Gasteiger partial charge is 0.508 e. The lowest BCUT2D eigenvalue weighted by Crippen LogP contribution is -2.21. The monoisotopic (exact) mass is 234 g/mol. The second-order valence-corrected chi connectivity index (χ2v) is 3.70. The van der Waals surface area contributed by atoms with E-state index in [1.54, 1.807) is 0 Å². The Morgan fingerprint density at radius 2 is 1.76 bits per heavy atom. The number of carbonyl (C=O) groups excluding carboxylic acids is 2. The quantitative estimate of drug-likeness (QED) is 0.767. The molecule has 0 fully saturated rings. The molecule has 1 aromatic rings. The zero-order valence-corrected chi connectivity index (χ0v) is 9.27. The molecule has 0 radical (unpaired) electrons. The normalized spacial score (nSPS) is 14.9. The van der Waals surface area contributed by atoms with Crippen molar-refractivity contribution in [1.29, 1.82) is 0 Å². The van der Waals surface area contributed by atoms with Crippen LogP contribution in [-0.2, 0) is 4.74 Å². The Bertz CT molecular complexity index is 569. The van der Waals surface area contributed by atoms with Crippen LogP contribution < -0.4 is 0 Å². The highest BCUT2D eigenvalue weighted by molar-refractivity contribution is 6.27. The Balaban J connectivity index is 2.77. The van der Waals surface area contributed by atoms with Crippen molar-refractivity contribution in [3.8, 4) is 11.5 Å². The number of phenols is 2. The molecule has 0 heterocycles. The van der Waals surface area contributed by atoms with Gasteiger partial charge in [0.25, 0.3) is 0 Å². The van der Waals surface area contributed by atoms with Crippen molar-refractivity contribution in [2.75, 3.05) is 7.11 Å². The van der Waals surface area contributed by atoms with Crippen LogP contribution in [0, 0.1) is 0 Å². The van der Waals surface area contributed by atoms with Gasteiger partial charge < -0.3 is 14.9 Å². The molecule has 5 nitrogen and oxygen atoms in total.